The minimum atomic E-state index is -0.637. The molecule has 4 nitrogen and oxygen atoms in total. The number of ether oxygens (including phenoxy) is 1. The number of carbonyl (C=O) groups is 2. The molecule has 20 heavy (non-hydrogen) atoms. The summed E-state index contributed by atoms with van der Waals surface area (Å²) in [7, 11) is 0. The topological polar surface area (TPSA) is 46.6 Å². The summed E-state index contributed by atoms with van der Waals surface area (Å²) in [4.78, 5) is 25.2. The van der Waals surface area contributed by atoms with E-state index in [9.17, 15) is 14.0 Å². The van der Waals surface area contributed by atoms with E-state index in [1.54, 1.807) is 13.0 Å². The molecule has 2 aliphatic rings. The Morgan fingerprint density at radius 2 is 2.20 bits per heavy atom. The summed E-state index contributed by atoms with van der Waals surface area (Å²) in [5, 5.41) is 0. The molecule has 0 bridgehead atoms. The molecule has 1 saturated heterocycles. The Morgan fingerprint density at radius 3 is 2.90 bits per heavy atom. The predicted octanol–water partition coefficient (Wildman–Crippen LogP) is 2.23. The SMILES string of the molecule is Cc1cc(F)c2c(c1)C(=O)C(=O)N2CCC1CCCO1. The minimum absolute atomic E-state index is 0.107. The first-order valence-corrected chi connectivity index (χ1v) is 6.86. The van der Waals surface area contributed by atoms with Gasteiger partial charge in [0.15, 0.2) is 0 Å². The number of amides is 1. The van der Waals surface area contributed by atoms with Gasteiger partial charge >= 0.3 is 0 Å². The summed E-state index contributed by atoms with van der Waals surface area (Å²) in [6.07, 6.45) is 2.71. The summed E-state index contributed by atoms with van der Waals surface area (Å²) in [6.45, 7) is 2.76. The molecule has 5 heteroatoms. The van der Waals surface area contributed by atoms with Crippen molar-refractivity contribution in [1.82, 2.24) is 0 Å². The fraction of sp³-hybridized carbons (Fsp3) is 0.467. The van der Waals surface area contributed by atoms with Crippen LogP contribution >= 0.6 is 0 Å². The summed E-state index contributed by atoms with van der Waals surface area (Å²) in [5.74, 6) is -1.76. The van der Waals surface area contributed by atoms with Crippen LogP contribution in [0.1, 0.15) is 35.2 Å². The van der Waals surface area contributed by atoms with Crippen molar-refractivity contribution in [3.63, 3.8) is 0 Å². The second-order valence-electron chi connectivity index (χ2n) is 5.35. The molecule has 1 aromatic rings. The van der Waals surface area contributed by atoms with Crippen LogP contribution in [0, 0.1) is 12.7 Å². The highest BCUT2D eigenvalue weighted by molar-refractivity contribution is 6.52. The molecule has 0 N–H and O–H groups in total. The minimum Gasteiger partial charge on any atom is -0.378 e. The zero-order chi connectivity index (χ0) is 14.3. The molecule has 1 aromatic carbocycles. The maximum absolute atomic E-state index is 14.1. The first-order valence-electron chi connectivity index (χ1n) is 6.86. The van der Waals surface area contributed by atoms with Gasteiger partial charge in [-0.05, 0) is 43.9 Å². The van der Waals surface area contributed by atoms with Crippen molar-refractivity contribution in [2.24, 2.45) is 0 Å². The number of ketones is 1. The molecule has 1 amide bonds. The van der Waals surface area contributed by atoms with Gasteiger partial charge in [0.05, 0.1) is 17.4 Å². The molecule has 0 aliphatic carbocycles. The fourth-order valence-corrected chi connectivity index (χ4v) is 2.88. The van der Waals surface area contributed by atoms with Crippen LogP contribution < -0.4 is 4.90 Å². The highest BCUT2D eigenvalue weighted by Crippen LogP contribution is 2.33. The number of hydrogen-bond donors (Lipinski definition) is 0. The van der Waals surface area contributed by atoms with E-state index in [1.165, 1.54) is 11.0 Å². The number of aryl methyl sites for hydroxylation is 1. The number of anilines is 1. The predicted molar refractivity (Wildman–Crippen MR) is 71.4 cm³/mol. The van der Waals surface area contributed by atoms with Crippen molar-refractivity contribution in [3.8, 4) is 0 Å². The van der Waals surface area contributed by atoms with Gasteiger partial charge in [-0.1, -0.05) is 0 Å². The van der Waals surface area contributed by atoms with E-state index in [0.29, 0.717) is 18.5 Å². The van der Waals surface area contributed by atoms with Crippen LogP contribution in [0.15, 0.2) is 12.1 Å². The third kappa shape index (κ3) is 2.12. The number of Topliss-reactive ketones (excluding diaryl/α,β-unsaturated/α-hetero) is 1. The van der Waals surface area contributed by atoms with Crippen LogP contribution in [0.5, 0.6) is 0 Å². The molecule has 3 rings (SSSR count). The van der Waals surface area contributed by atoms with Gasteiger partial charge in [0, 0.05) is 13.2 Å². The van der Waals surface area contributed by atoms with Crippen molar-refractivity contribution in [2.75, 3.05) is 18.1 Å². The van der Waals surface area contributed by atoms with E-state index in [0.717, 1.165) is 19.4 Å². The largest absolute Gasteiger partial charge is 0.378 e. The van der Waals surface area contributed by atoms with Gasteiger partial charge in [-0.25, -0.2) is 4.39 Å². The Labute approximate surface area is 116 Å². The first kappa shape index (κ1) is 13.2. The van der Waals surface area contributed by atoms with Crippen LogP contribution in [-0.4, -0.2) is 30.9 Å². The summed E-state index contributed by atoms with van der Waals surface area (Å²) in [5.41, 5.74) is 0.951. The van der Waals surface area contributed by atoms with E-state index in [4.69, 9.17) is 4.74 Å². The molecule has 106 valence electrons. The Morgan fingerprint density at radius 1 is 1.40 bits per heavy atom. The van der Waals surface area contributed by atoms with Gasteiger partial charge in [0.1, 0.15) is 5.82 Å². The summed E-state index contributed by atoms with van der Waals surface area (Å²) < 4.78 is 19.6. The van der Waals surface area contributed by atoms with Crippen molar-refractivity contribution in [3.05, 3.63) is 29.1 Å². The Hall–Kier alpha value is -1.75. The van der Waals surface area contributed by atoms with Crippen molar-refractivity contribution in [1.29, 1.82) is 0 Å². The van der Waals surface area contributed by atoms with Gasteiger partial charge in [-0.2, -0.15) is 0 Å². The van der Waals surface area contributed by atoms with E-state index < -0.39 is 17.5 Å². The molecule has 2 heterocycles. The smallest absolute Gasteiger partial charge is 0.299 e. The monoisotopic (exact) mass is 277 g/mol. The highest BCUT2D eigenvalue weighted by atomic mass is 19.1. The Bertz CT molecular complexity index is 579. The van der Waals surface area contributed by atoms with Crippen molar-refractivity contribution < 1.29 is 18.7 Å². The molecule has 2 aliphatic heterocycles. The van der Waals surface area contributed by atoms with E-state index in [1.807, 2.05) is 0 Å². The normalized spacial score (nSPS) is 21.7. The summed E-state index contributed by atoms with van der Waals surface area (Å²) in [6, 6.07) is 2.93. The van der Waals surface area contributed by atoms with Crippen LogP contribution in [0.2, 0.25) is 0 Å². The standard InChI is InChI=1S/C15H16FNO3/c1-9-7-11-13(12(16)8-9)17(15(19)14(11)18)5-4-10-3-2-6-20-10/h7-8,10H,2-6H2,1H3. The van der Waals surface area contributed by atoms with E-state index in [-0.39, 0.29) is 17.4 Å². The number of hydrogen-bond acceptors (Lipinski definition) is 3. The Kier molecular flexibility index (Phi) is 3.30. The number of benzene rings is 1. The quantitative estimate of drug-likeness (QED) is 0.796. The van der Waals surface area contributed by atoms with Crippen molar-refractivity contribution in [2.45, 2.75) is 32.3 Å². The third-order valence-electron chi connectivity index (χ3n) is 3.86. The van der Waals surface area contributed by atoms with Crippen molar-refractivity contribution >= 4 is 17.4 Å². The van der Waals surface area contributed by atoms with Crippen LogP contribution in [-0.2, 0) is 9.53 Å². The van der Waals surface area contributed by atoms with E-state index in [2.05, 4.69) is 0 Å². The second-order valence-corrected chi connectivity index (χ2v) is 5.35. The van der Waals surface area contributed by atoms with Crippen LogP contribution in [0.3, 0.4) is 0 Å². The lowest BCUT2D eigenvalue weighted by Gasteiger charge is -2.19. The molecule has 1 atom stereocenters. The highest BCUT2D eigenvalue weighted by Gasteiger charge is 2.38. The summed E-state index contributed by atoms with van der Waals surface area (Å²) >= 11 is 0. The first-order chi connectivity index (χ1) is 9.58. The Balaban J connectivity index is 1.85. The molecule has 0 spiro atoms. The zero-order valence-electron chi connectivity index (χ0n) is 11.3. The van der Waals surface area contributed by atoms with Gasteiger partial charge in [-0.3, -0.25) is 9.59 Å². The number of rotatable bonds is 3. The lowest BCUT2D eigenvalue weighted by atomic mass is 10.1. The van der Waals surface area contributed by atoms with Gasteiger partial charge in [-0.15, -0.1) is 0 Å². The fourth-order valence-electron chi connectivity index (χ4n) is 2.88. The molecular formula is C15H16FNO3. The lowest BCUT2D eigenvalue weighted by molar-refractivity contribution is -0.114. The molecule has 0 saturated carbocycles. The van der Waals surface area contributed by atoms with Gasteiger partial charge in [0.2, 0.25) is 0 Å². The van der Waals surface area contributed by atoms with Crippen LogP contribution in [0.4, 0.5) is 10.1 Å². The second kappa shape index (κ2) is 4.98. The number of carbonyl (C=O) groups excluding carboxylic acids is 2. The number of halogens is 1. The van der Waals surface area contributed by atoms with Gasteiger partial charge in [0.25, 0.3) is 11.7 Å². The molecule has 0 aromatic heterocycles. The lowest BCUT2D eigenvalue weighted by Crippen LogP contribution is -2.32. The molecule has 1 fully saturated rings. The number of fused-ring (bicyclic) bond motifs is 1. The third-order valence-corrected chi connectivity index (χ3v) is 3.86. The average molecular weight is 277 g/mol. The molecule has 1 unspecified atom stereocenters. The van der Waals surface area contributed by atoms with Crippen LogP contribution in [0.25, 0.3) is 0 Å². The molecular weight excluding hydrogens is 261 g/mol. The van der Waals surface area contributed by atoms with Gasteiger partial charge < -0.3 is 9.64 Å². The maximum Gasteiger partial charge on any atom is 0.299 e. The maximum atomic E-state index is 14.1. The van der Waals surface area contributed by atoms with E-state index >= 15 is 0 Å². The molecule has 0 radical (unpaired) electrons. The zero-order valence-corrected chi connectivity index (χ0v) is 11.3. The average Bonchev–Trinajstić information content (AvgIpc) is 2.98. The number of nitrogens with zero attached hydrogens (tertiary/aromatic N) is 1.